The predicted octanol–water partition coefficient (Wildman–Crippen LogP) is 4.81. The Morgan fingerprint density at radius 3 is 2.55 bits per heavy atom. The van der Waals surface area contributed by atoms with E-state index in [9.17, 15) is 5.26 Å². The van der Waals surface area contributed by atoms with Crippen molar-refractivity contribution in [3.8, 4) is 17.6 Å². The van der Waals surface area contributed by atoms with Crippen molar-refractivity contribution in [2.75, 3.05) is 13.7 Å². The highest BCUT2D eigenvalue weighted by Gasteiger charge is 2.06. The molecule has 0 aliphatic rings. The van der Waals surface area contributed by atoms with Gasteiger partial charge in [-0.05, 0) is 61.0 Å². The van der Waals surface area contributed by atoms with Gasteiger partial charge in [0.2, 0.25) is 0 Å². The van der Waals surface area contributed by atoms with Gasteiger partial charge in [-0.25, -0.2) is 0 Å². The average Bonchev–Trinajstić information content (AvgIpc) is 2.55. The molecule has 112 valence electrons. The lowest BCUT2D eigenvalue weighted by molar-refractivity contribution is 0.339. The number of nitrogens with zero attached hydrogens (tertiary/aromatic N) is 1. The molecule has 0 aliphatic carbocycles. The summed E-state index contributed by atoms with van der Waals surface area (Å²) in [6, 6.07) is 14.9. The zero-order chi connectivity index (χ0) is 15.9. The molecule has 0 saturated heterocycles. The fourth-order valence-corrected chi connectivity index (χ4v) is 2.21. The van der Waals surface area contributed by atoms with Crippen molar-refractivity contribution < 1.29 is 9.47 Å². The second-order valence-electron chi connectivity index (χ2n) is 4.51. The lowest BCUT2D eigenvalue weighted by atomic mass is 10.0. The highest BCUT2D eigenvalue weighted by atomic mass is 35.5. The zero-order valence-electron chi connectivity index (χ0n) is 12.5. The maximum Gasteiger partial charge on any atom is 0.126 e. The second-order valence-corrected chi connectivity index (χ2v) is 4.95. The Hall–Kier alpha value is -2.44. The minimum atomic E-state index is 0.533. The number of halogens is 1. The van der Waals surface area contributed by atoms with E-state index in [1.807, 2.05) is 31.2 Å². The van der Waals surface area contributed by atoms with Crippen LogP contribution in [0.3, 0.4) is 0 Å². The van der Waals surface area contributed by atoms with Crippen LogP contribution >= 0.6 is 11.6 Å². The molecule has 0 aromatic heterocycles. The fourth-order valence-electron chi connectivity index (χ4n) is 2.03. The van der Waals surface area contributed by atoms with E-state index in [4.69, 9.17) is 21.1 Å². The van der Waals surface area contributed by atoms with Crippen LogP contribution < -0.4 is 9.47 Å². The lowest BCUT2D eigenvalue weighted by Crippen LogP contribution is -1.94. The summed E-state index contributed by atoms with van der Waals surface area (Å²) < 4.78 is 10.7. The Morgan fingerprint density at radius 2 is 1.95 bits per heavy atom. The summed E-state index contributed by atoms with van der Waals surface area (Å²) >= 11 is 6.04. The molecule has 0 bridgehead atoms. The third-order valence-corrected chi connectivity index (χ3v) is 3.33. The molecular weight excluding hydrogens is 298 g/mol. The molecule has 2 aromatic rings. The van der Waals surface area contributed by atoms with Gasteiger partial charge in [-0.1, -0.05) is 11.6 Å². The van der Waals surface area contributed by atoms with Crippen molar-refractivity contribution in [3.63, 3.8) is 0 Å². The summed E-state index contributed by atoms with van der Waals surface area (Å²) in [4.78, 5) is 0. The maximum atomic E-state index is 9.43. The van der Waals surface area contributed by atoms with Crippen molar-refractivity contribution in [2.24, 2.45) is 0 Å². The van der Waals surface area contributed by atoms with E-state index in [1.54, 1.807) is 31.4 Å². The number of ether oxygens (including phenoxy) is 2. The SMILES string of the molecule is CCOc1ccc(Cl)cc1/C=C(\C#N)c1ccc(OC)cc1. The molecule has 0 N–H and O–H groups in total. The summed E-state index contributed by atoms with van der Waals surface area (Å²) in [5, 5.41) is 10.0. The van der Waals surface area contributed by atoms with Crippen molar-refractivity contribution >= 4 is 23.3 Å². The molecule has 0 radical (unpaired) electrons. The van der Waals surface area contributed by atoms with Gasteiger partial charge in [0.05, 0.1) is 25.4 Å². The third kappa shape index (κ3) is 3.81. The Bertz CT molecular complexity index is 715. The first kappa shape index (κ1) is 15.9. The van der Waals surface area contributed by atoms with E-state index in [1.165, 1.54) is 0 Å². The second kappa shape index (κ2) is 7.53. The Kier molecular flexibility index (Phi) is 5.46. The minimum absolute atomic E-state index is 0.533. The molecule has 0 unspecified atom stereocenters. The Labute approximate surface area is 135 Å². The van der Waals surface area contributed by atoms with Crippen LogP contribution in [0.25, 0.3) is 11.6 Å². The topological polar surface area (TPSA) is 42.2 Å². The smallest absolute Gasteiger partial charge is 0.126 e. The van der Waals surface area contributed by atoms with Gasteiger partial charge in [0.1, 0.15) is 11.5 Å². The number of hydrogen-bond acceptors (Lipinski definition) is 3. The van der Waals surface area contributed by atoms with E-state index in [0.29, 0.717) is 23.0 Å². The first-order valence-corrected chi connectivity index (χ1v) is 7.24. The average molecular weight is 314 g/mol. The molecule has 0 fully saturated rings. The molecule has 0 spiro atoms. The third-order valence-electron chi connectivity index (χ3n) is 3.09. The van der Waals surface area contributed by atoms with Gasteiger partial charge in [-0.3, -0.25) is 0 Å². The predicted molar refractivity (Wildman–Crippen MR) is 89.1 cm³/mol. The monoisotopic (exact) mass is 313 g/mol. The number of rotatable bonds is 5. The van der Waals surface area contributed by atoms with Crippen LogP contribution in [0.2, 0.25) is 5.02 Å². The van der Waals surface area contributed by atoms with Crippen molar-refractivity contribution in [3.05, 3.63) is 58.6 Å². The van der Waals surface area contributed by atoms with Crippen LogP contribution in [0.5, 0.6) is 11.5 Å². The maximum absolute atomic E-state index is 9.43. The summed E-state index contributed by atoms with van der Waals surface area (Å²) in [6.45, 7) is 2.46. The van der Waals surface area contributed by atoms with Crippen LogP contribution in [0, 0.1) is 11.3 Å². The summed E-state index contributed by atoms with van der Waals surface area (Å²) in [5.41, 5.74) is 2.12. The lowest BCUT2D eigenvalue weighted by Gasteiger charge is -2.08. The molecule has 0 saturated carbocycles. The molecule has 0 atom stereocenters. The molecule has 0 aliphatic heterocycles. The van der Waals surface area contributed by atoms with Crippen LogP contribution in [-0.4, -0.2) is 13.7 Å². The number of allylic oxidation sites excluding steroid dienone is 1. The van der Waals surface area contributed by atoms with Crippen LogP contribution in [0.4, 0.5) is 0 Å². The van der Waals surface area contributed by atoms with Gasteiger partial charge >= 0.3 is 0 Å². The highest BCUT2D eigenvalue weighted by molar-refractivity contribution is 6.30. The molecule has 0 heterocycles. The van der Waals surface area contributed by atoms with Gasteiger partial charge in [0.15, 0.2) is 0 Å². The summed E-state index contributed by atoms with van der Waals surface area (Å²) in [6.07, 6.45) is 1.78. The Balaban J connectivity index is 2.44. The number of nitriles is 1. The minimum Gasteiger partial charge on any atom is -0.497 e. The van der Waals surface area contributed by atoms with E-state index >= 15 is 0 Å². The van der Waals surface area contributed by atoms with Gasteiger partial charge in [0.25, 0.3) is 0 Å². The summed E-state index contributed by atoms with van der Waals surface area (Å²) in [5.74, 6) is 1.45. The number of methoxy groups -OCH3 is 1. The normalized spacial score (nSPS) is 10.9. The van der Waals surface area contributed by atoms with Crippen molar-refractivity contribution in [2.45, 2.75) is 6.92 Å². The fraction of sp³-hybridized carbons (Fsp3) is 0.167. The van der Waals surface area contributed by atoms with Crippen LogP contribution in [-0.2, 0) is 0 Å². The van der Waals surface area contributed by atoms with E-state index in [-0.39, 0.29) is 0 Å². The van der Waals surface area contributed by atoms with Crippen molar-refractivity contribution in [1.82, 2.24) is 0 Å². The summed E-state index contributed by atoms with van der Waals surface area (Å²) in [7, 11) is 1.61. The van der Waals surface area contributed by atoms with Gasteiger partial charge < -0.3 is 9.47 Å². The van der Waals surface area contributed by atoms with E-state index in [0.717, 1.165) is 16.9 Å². The standard InChI is InChI=1S/C18H16ClNO2/c1-3-22-18-9-6-16(19)11-14(18)10-15(12-20)13-4-7-17(21-2)8-5-13/h4-11H,3H2,1-2H3/b15-10+. The number of hydrogen-bond donors (Lipinski definition) is 0. The zero-order valence-corrected chi connectivity index (χ0v) is 13.2. The van der Waals surface area contributed by atoms with E-state index in [2.05, 4.69) is 6.07 Å². The van der Waals surface area contributed by atoms with Crippen LogP contribution in [0.1, 0.15) is 18.1 Å². The van der Waals surface area contributed by atoms with E-state index < -0.39 is 0 Å². The van der Waals surface area contributed by atoms with Gasteiger partial charge in [-0.15, -0.1) is 0 Å². The first-order valence-electron chi connectivity index (χ1n) is 6.86. The van der Waals surface area contributed by atoms with Gasteiger partial charge in [-0.2, -0.15) is 5.26 Å². The molecule has 2 rings (SSSR count). The Morgan fingerprint density at radius 1 is 1.23 bits per heavy atom. The molecule has 22 heavy (non-hydrogen) atoms. The largest absolute Gasteiger partial charge is 0.497 e. The highest BCUT2D eigenvalue weighted by Crippen LogP contribution is 2.28. The molecule has 4 heteroatoms. The van der Waals surface area contributed by atoms with Crippen molar-refractivity contribution in [1.29, 1.82) is 5.26 Å². The quantitative estimate of drug-likeness (QED) is 0.587. The first-order chi connectivity index (χ1) is 10.7. The molecule has 3 nitrogen and oxygen atoms in total. The molecule has 2 aromatic carbocycles. The van der Waals surface area contributed by atoms with Crippen LogP contribution in [0.15, 0.2) is 42.5 Å². The molecular formula is C18H16ClNO2. The molecule has 0 amide bonds. The van der Waals surface area contributed by atoms with Gasteiger partial charge in [0, 0.05) is 10.6 Å². The number of benzene rings is 2.